The molecule has 8 nitrogen and oxygen atoms in total. The fourth-order valence-electron chi connectivity index (χ4n) is 7.51. The zero-order chi connectivity index (χ0) is 30.4. The highest BCUT2D eigenvalue weighted by Crippen LogP contribution is 2.47. The second-order valence-electron chi connectivity index (χ2n) is 12.8. The number of fused-ring (bicyclic) bond motifs is 4. The summed E-state index contributed by atoms with van der Waals surface area (Å²) in [5.74, 6) is -0.216. The van der Waals surface area contributed by atoms with Crippen LogP contribution in [-0.2, 0) is 31.8 Å². The second-order valence-corrected chi connectivity index (χ2v) is 13.3. The van der Waals surface area contributed by atoms with E-state index in [1.807, 2.05) is 18.2 Å². The molecule has 230 valence electrons. The lowest BCUT2D eigenvalue weighted by atomic mass is 9.68. The molecule has 2 N–H and O–H groups in total. The van der Waals surface area contributed by atoms with Crippen molar-refractivity contribution in [2.45, 2.75) is 62.1 Å². The first-order valence-corrected chi connectivity index (χ1v) is 15.7. The quantitative estimate of drug-likeness (QED) is 0.366. The summed E-state index contributed by atoms with van der Waals surface area (Å²) in [6.45, 7) is 2.24. The van der Waals surface area contributed by atoms with Gasteiger partial charge in [-0.3, -0.25) is 4.79 Å². The van der Waals surface area contributed by atoms with E-state index in [9.17, 15) is 19.8 Å². The van der Waals surface area contributed by atoms with Crippen molar-refractivity contribution in [2.24, 2.45) is 11.8 Å². The number of hydrogen-bond acceptors (Lipinski definition) is 7. The van der Waals surface area contributed by atoms with Crippen LogP contribution in [0.3, 0.4) is 0 Å². The summed E-state index contributed by atoms with van der Waals surface area (Å²) in [4.78, 5) is 30.2. The van der Waals surface area contributed by atoms with Crippen LogP contribution in [0.25, 0.3) is 0 Å². The van der Waals surface area contributed by atoms with E-state index < -0.39 is 24.1 Å². The molecule has 0 saturated heterocycles. The van der Waals surface area contributed by atoms with Crippen LogP contribution < -0.4 is 9.64 Å². The van der Waals surface area contributed by atoms with Gasteiger partial charge < -0.3 is 29.5 Å². The van der Waals surface area contributed by atoms with Crippen molar-refractivity contribution in [3.05, 3.63) is 70.3 Å². The molecule has 6 rings (SSSR count). The van der Waals surface area contributed by atoms with Gasteiger partial charge in [0, 0.05) is 37.1 Å². The summed E-state index contributed by atoms with van der Waals surface area (Å²) in [5.41, 5.74) is 1.09. The Morgan fingerprint density at radius 3 is 2.79 bits per heavy atom. The molecule has 4 aliphatic rings. The molecule has 2 heterocycles. The van der Waals surface area contributed by atoms with Crippen molar-refractivity contribution >= 4 is 29.2 Å². The average molecular weight is 609 g/mol. The van der Waals surface area contributed by atoms with Gasteiger partial charge in [0.2, 0.25) is 5.91 Å². The Balaban J connectivity index is 1.46. The van der Waals surface area contributed by atoms with Crippen LogP contribution in [0.2, 0.25) is 5.02 Å². The lowest BCUT2D eigenvalue weighted by Crippen LogP contribution is -2.49. The molecule has 2 aliphatic carbocycles. The number of carbonyl (C=O) groups excluding carboxylic acids is 2. The number of aliphatic hydroxyl groups excluding tert-OH is 1. The van der Waals surface area contributed by atoms with Gasteiger partial charge in [-0.05, 0) is 91.3 Å². The Bertz CT molecular complexity index is 1430. The molecule has 1 saturated carbocycles. The molecule has 2 bridgehead atoms. The SMILES string of the molecule is COC(=O)[C@]1(O)CC(=O)N(C)CC/C=C/[C@@H](O)[C@@H]2CC[C@H]2CN2C[C@@]3(CCCc4cc(Cl)ccc43)COc3ccc1cc32. The highest BCUT2D eigenvalue weighted by Gasteiger charge is 2.46. The van der Waals surface area contributed by atoms with Crippen molar-refractivity contribution in [3.8, 4) is 5.75 Å². The number of esters is 1. The Morgan fingerprint density at radius 1 is 1.19 bits per heavy atom. The molecule has 0 unspecified atom stereocenters. The van der Waals surface area contributed by atoms with Gasteiger partial charge in [0.25, 0.3) is 0 Å². The zero-order valence-electron chi connectivity index (χ0n) is 24.9. The number of nitrogens with zero attached hydrogens (tertiary/aromatic N) is 2. The largest absolute Gasteiger partial charge is 0.490 e. The van der Waals surface area contributed by atoms with Crippen LogP contribution in [0.1, 0.15) is 55.2 Å². The summed E-state index contributed by atoms with van der Waals surface area (Å²) in [7, 11) is 2.87. The molecule has 0 aromatic heterocycles. The van der Waals surface area contributed by atoms with E-state index in [0.717, 1.165) is 42.8 Å². The Hall–Kier alpha value is -3.07. The molecular formula is C34H41ClN2O6. The van der Waals surface area contributed by atoms with Gasteiger partial charge in [-0.15, -0.1) is 0 Å². The van der Waals surface area contributed by atoms with Gasteiger partial charge in [0.1, 0.15) is 5.75 Å². The highest BCUT2D eigenvalue weighted by molar-refractivity contribution is 6.30. The number of methoxy groups -OCH3 is 1. The fourth-order valence-corrected chi connectivity index (χ4v) is 7.71. The lowest BCUT2D eigenvalue weighted by Gasteiger charge is -2.45. The maximum Gasteiger partial charge on any atom is 0.343 e. The van der Waals surface area contributed by atoms with E-state index in [4.69, 9.17) is 21.1 Å². The molecule has 43 heavy (non-hydrogen) atoms. The van der Waals surface area contributed by atoms with Crippen molar-refractivity contribution in [1.82, 2.24) is 4.90 Å². The number of aryl methyl sites for hydroxylation is 1. The Kier molecular flexibility index (Phi) is 8.22. The number of carbonyl (C=O) groups is 2. The van der Waals surface area contributed by atoms with E-state index >= 15 is 0 Å². The number of hydrogen-bond donors (Lipinski definition) is 2. The fraction of sp³-hybridized carbons (Fsp3) is 0.529. The number of amides is 1. The van der Waals surface area contributed by atoms with Crippen molar-refractivity contribution < 1.29 is 29.3 Å². The summed E-state index contributed by atoms with van der Waals surface area (Å²) >= 11 is 6.40. The molecule has 1 amide bonds. The third-order valence-corrected chi connectivity index (χ3v) is 10.4. The third kappa shape index (κ3) is 5.54. The lowest BCUT2D eigenvalue weighted by molar-refractivity contribution is -0.168. The van der Waals surface area contributed by atoms with Crippen LogP contribution in [0.15, 0.2) is 48.6 Å². The van der Waals surface area contributed by atoms with Gasteiger partial charge in [0.15, 0.2) is 5.60 Å². The Morgan fingerprint density at radius 2 is 2.02 bits per heavy atom. The average Bonchev–Trinajstić information content (AvgIpc) is 3.13. The summed E-state index contributed by atoms with van der Waals surface area (Å²) in [6.07, 6.45) is 8.19. The van der Waals surface area contributed by atoms with E-state index in [2.05, 4.69) is 17.0 Å². The first-order chi connectivity index (χ1) is 20.6. The normalized spacial score (nSPS) is 31.7. The van der Waals surface area contributed by atoms with Crippen LogP contribution >= 0.6 is 11.6 Å². The van der Waals surface area contributed by atoms with Crippen LogP contribution in [0.5, 0.6) is 5.75 Å². The van der Waals surface area contributed by atoms with Crippen LogP contribution in [-0.4, -0.2) is 73.5 Å². The summed E-state index contributed by atoms with van der Waals surface area (Å²) < 4.78 is 11.6. The molecule has 1 spiro atoms. The van der Waals surface area contributed by atoms with E-state index in [1.165, 1.54) is 23.1 Å². The Labute approximate surface area is 258 Å². The minimum Gasteiger partial charge on any atom is -0.490 e. The van der Waals surface area contributed by atoms with Gasteiger partial charge in [-0.2, -0.15) is 0 Å². The standard InChI is InChI=1S/C34H41ClN2O6/c1-36-15-4-3-7-29(38)26-11-8-23(26)19-37-20-33(14-5-6-22-16-25(35)10-12-27(22)33)21-43-30-13-9-24(17-28(30)37)34(41,18-31(36)39)32(40)42-2/h3,7,9-10,12-13,16-17,23,26,29,38,41H,4-6,8,11,14-15,18-21H2,1-2H3/b7-3+/t23-,26+,29+,33-,34-/m0/s1. The van der Waals surface area contributed by atoms with Crippen LogP contribution in [0.4, 0.5) is 5.69 Å². The molecular weight excluding hydrogens is 568 g/mol. The minimum absolute atomic E-state index is 0.125. The highest BCUT2D eigenvalue weighted by atomic mass is 35.5. The molecule has 2 aromatic carbocycles. The molecule has 1 fully saturated rings. The van der Waals surface area contributed by atoms with E-state index in [-0.39, 0.29) is 28.7 Å². The molecule has 9 heteroatoms. The van der Waals surface area contributed by atoms with Gasteiger partial charge in [0.05, 0.1) is 31.9 Å². The number of anilines is 1. The maximum atomic E-state index is 13.2. The predicted molar refractivity (Wildman–Crippen MR) is 164 cm³/mol. The summed E-state index contributed by atoms with van der Waals surface area (Å²) in [6, 6.07) is 11.4. The van der Waals surface area contributed by atoms with Gasteiger partial charge in [-0.1, -0.05) is 35.9 Å². The van der Waals surface area contributed by atoms with E-state index in [0.29, 0.717) is 38.4 Å². The first kappa shape index (κ1) is 30.0. The number of ether oxygens (including phenoxy) is 2. The molecule has 2 aromatic rings. The van der Waals surface area contributed by atoms with E-state index in [1.54, 1.807) is 25.2 Å². The number of halogens is 1. The van der Waals surface area contributed by atoms with Crippen molar-refractivity contribution in [2.75, 3.05) is 45.3 Å². The van der Waals surface area contributed by atoms with Gasteiger partial charge >= 0.3 is 5.97 Å². The smallest absolute Gasteiger partial charge is 0.343 e. The zero-order valence-corrected chi connectivity index (χ0v) is 25.7. The van der Waals surface area contributed by atoms with Crippen LogP contribution in [0, 0.1) is 11.8 Å². The maximum absolute atomic E-state index is 13.2. The predicted octanol–water partition coefficient (Wildman–Crippen LogP) is 4.37. The van der Waals surface area contributed by atoms with Crippen molar-refractivity contribution in [3.63, 3.8) is 0 Å². The number of benzene rings is 2. The minimum atomic E-state index is -2.17. The molecule has 0 radical (unpaired) electrons. The van der Waals surface area contributed by atoms with Gasteiger partial charge in [-0.25, -0.2) is 4.79 Å². The number of rotatable bonds is 1. The molecule has 5 atom stereocenters. The monoisotopic (exact) mass is 608 g/mol. The van der Waals surface area contributed by atoms with Crippen molar-refractivity contribution in [1.29, 1.82) is 0 Å². The third-order valence-electron chi connectivity index (χ3n) is 10.2. The second kappa shape index (κ2) is 11.8. The topological polar surface area (TPSA) is 99.5 Å². The first-order valence-electron chi connectivity index (χ1n) is 15.3. The molecule has 2 aliphatic heterocycles. The number of aliphatic hydroxyl groups is 2. The summed E-state index contributed by atoms with van der Waals surface area (Å²) in [5, 5.41) is 23.7.